The summed E-state index contributed by atoms with van der Waals surface area (Å²) in [6.07, 6.45) is 2.66. The van der Waals surface area contributed by atoms with Crippen molar-refractivity contribution in [2.75, 3.05) is 0 Å². The lowest BCUT2D eigenvalue weighted by molar-refractivity contribution is -0.129. The fourth-order valence-electron chi connectivity index (χ4n) is 1.81. The van der Waals surface area contributed by atoms with E-state index in [0.29, 0.717) is 5.78 Å². The van der Waals surface area contributed by atoms with Crippen LogP contribution in [0.15, 0.2) is 12.3 Å². The minimum atomic E-state index is -0.876. The van der Waals surface area contributed by atoms with E-state index in [1.54, 1.807) is 12.3 Å². The average molecular weight is 289 g/mol. The normalized spacial score (nSPS) is 15.7. The summed E-state index contributed by atoms with van der Waals surface area (Å²) >= 11 is 0. The van der Waals surface area contributed by atoms with Crippen LogP contribution in [0.3, 0.4) is 0 Å². The first kappa shape index (κ1) is 13.5. The van der Waals surface area contributed by atoms with E-state index in [0.717, 1.165) is 18.5 Å². The summed E-state index contributed by atoms with van der Waals surface area (Å²) in [4.78, 5) is 31.7. The molecule has 2 aromatic rings. The fraction of sp³-hybridized carbons (Fsp3) is 0.462. The number of ether oxygens (including phenoxy) is 1. The van der Waals surface area contributed by atoms with Gasteiger partial charge in [-0.15, -0.1) is 5.10 Å². The zero-order chi connectivity index (χ0) is 15.0. The van der Waals surface area contributed by atoms with Crippen molar-refractivity contribution in [3.05, 3.63) is 23.8 Å². The van der Waals surface area contributed by atoms with E-state index in [2.05, 4.69) is 20.4 Å². The van der Waals surface area contributed by atoms with Gasteiger partial charge < -0.3 is 10.1 Å². The topological polar surface area (TPSA) is 98.5 Å². The molecule has 8 heteroatoms. The standard InChI is InChI=1S/C13H15N5O3/c1-7-5-6-14-13-16-10(17-18(7)13)12(20)21-8(2)11(19)15-9-3-4-9/h5-6,8-9H,3-4H2,1-2H3,(H,15,19)/t8-/m1/s1. The van der Waals surface area contributed by atoms with Crippen LogP contribution in [0.5, 0.6) is 0 Å². The van der Waals surface area contributed by atoms with Crippen LogP contribution in [-0.2, 0) is 9.53 Å². The first-order chi connectivity index (χ1) is 10.0. The molecule has 1 aliphatic carbocycles. The maximum absolute atomic E-state index is 12.0. The Morgan fingerprint density at radius 3 is 2.90 bits per heavy atom. The molecule has 0 radical (unpaired) electrons. The van der Waals surface area contributed by atoms with E-state index in [1.165, 1.54) is 11.4 Å². The maximum atomic E-state index is 12.0. The third-order valence-corrected chi connectivity index (χ3v) is 3.19. The van der Waals surface area contributed by atoms with Gasteiger partial charge in [0.2, 0.25) is 0 Å². The van der Waals surface area contributed by atoms with E-state index >= 15 is 0 Å². The molecule has 2 aromatic heterocycles. The predicted molar refractivity (Wildman–Crippen MR) is 71.6 cm³/mol. The van der Waals surface area contributed by atoms with Crippen molar-refractivity contribution in [2.24, 2.45) is 0 Å². The Morgan fingerprint density at radius 1 is 1.48 bits per heavy atom. The molecule has 0 aromatic carbocycles. The minimum absolute atomic E-state index is 0.108. The Hall–Kier alpha value is -2.51. The van der Waals surface area contributed by atoms with Crippen molar-refractivity contribution >= 4 is 17.7 Å². The van der Waals surface area contributed by atoms with Gasteiger partial charge in [-0.25, -0.2) is 14.3 Å². The molecule has 1 aliphatic rings. The fourth-order valence-corrected chi connectivity index (χ4v) is 1.81. The van der Waals surface area contributed by atoms with Crippen LogP contribution in [0.2, 0.25) is 0 Å². The highest BCUT2D eigenvalue weighted by molar-refractivity contribution is 5.89. The number of aromatic nitrogens is 4. The number of hydrogen-bond donors (Lipinski definition) is 1. The van der Waals surface area contributed by atoms with Crippen LogP contribution >= 0.6 is 0 Å². The number of carbonyl (C=O) groups excluding carboxylic acids is 2. The molecule has 0 saturated heterocycles. The van der Waals surface area contributed by atoms with Gasteiger partial charge in [0.25, 0.3) is 17.5 Å². The number of amides is 1. The van der Waals surface area contributed by atoms with Gasteiger partial charge in [0.1, 0.15) is 0 Å². The van der Waals surface area contributed by atoms with Gasteiger partial charge in [0.15, 0.2) is 6.10 Å². The molecule has 1 fully saturated rings. The Kier molecular flexibility index (Phi) is 3.28. The van der Waals surface area contributed by atoms with Crippen molar-refractivity contribution in [1.29, 1.82) is 0 Å². The van der Waals surface area contributed by atoms with Gasteiger partial charge in [-0.2, -0.15) is 4.98 Å². The number of aryl methyl sites for hydroxylation is 1. The lowest BCUT2D eigenvalue weighted by atomic mass is 10.3. The zero-order valence-corrected chi connectivity index (χ0v) is 11.7. The summed E-state index contributed by atoms with van der Waals surface area (Å²) in [6.45, 7) is 3.35. The second-order valence-electron chi connectivity index (χ2n) is 5.06. The molecule has 0 spiro atoms. The van der Waals surface area contributed by atoms with Gasteiger partial charge in [0, 0.05) is 17.9 Å². The number of carbonyl (C=O) groups is 2. The maximum Gasteiger partial charge on any atom is 0.379 e. The number of fused-ring (bicyclic) bond motifs is 1. The smallest absolute Gasteiger partial charge is 0.379 e. The van der Waals surface area contributed by atoms with E-state index in [-0.39, 0.29) is 17.8 Å². The quantitative estimate of drug-likeness (QED) is 0.810. The monoisotopic (exact) mass is 289 g/mol. The first-order valence-corrected chi connectivity index (χ1v) is 6.74. The highest BCUT2D eigenvalue weighted by Crippen LogP contribution is 2.18. The molecule has 0 unspecified atom stereocenters. The summed E-state index contributed by atoms with van der Waals surface area (Å²) in [6, 6.07) is 1.97. The first-order valence-electron chi connectivity index (χ1n) is 6.74. The van der Waals surface area contributed by atoms with Gasteiger partial charge >= 0.3 is 5.97 Å². The van der Waals surface area contributed by atoms with Gasteiger partial charge in [0.05, 0.1) is 0 Å². The van der Waals surface area contributed by atoms with Crippen molar-refractivity contribution < 1.29 is 14.3 Å². The highest BCUT2D eigenvalue weighted by Gasteiger charge is 2.28. The van der Waals surface area contributed by atoms with Gasteiger partial charge in [-0.1, -0.05) is 0 Å². The molecule has 8 nitrogen and oxygen atoms in total. The predicted octanol–water partition coefficient (Wildman–Crippen LogP) is 0.257. The number of nitrogens with one attached hydrogen (secondary N) is 1. The van der Waals surface area contributed by atoms with Crippen LogP contribution in [0.25, 0.3) is 5.78 Å². The summed E-state index contributed by atoms with van der Waals surface area (Å²) in [5.74, 6) is -0.831. The third kappa shape index (κ3) is 2.83. The van der Waals surface area contributed by atoms with Gasteiger partial charge in [-0.3, -0.25) is 4.79 Å². The lowest BCUT2D eigenvalue weighted by Gasteiger charge is -2.11. The minimum Gasteiger partial charge on any atom is -0.447 e. The zero-order valence-electron chi connectivity index (χ0n) is 11.7. The molecule has 2 heterocycles. The molecular formula is C13H15N5O3. The molecule has 3 rings (SSSR count). The molecule has 1 N–H and O–H groups in total. The molecular weight excluding hydrogens is 274 g/mol. The number of esters is 1. The number of hydrogen-bond acceptors (Lipinski definition) is 6. The lowest BCUT2D eigenvalue weighted by Crippen LogP contribution is -2.37. The number of nitrogens with zero attached hydrogens (tertiary/aromatic N) is 4. The van der Waals surface area contributed by atoms with E-state index in [1.807, 2.05) is 6.92 Å². The van der Waals surface area contributed by atoms with Gasteiger partial charge in [-0.05, 0) is 32.8 Å². The molecule has 0 bridgehead atoms. The molecule has 110 valence electrons. The largest absolute Gasteiger partial charge is 0.447 e. The Bertz CT molecular complexity index is 707. The van der Waals surface area contributed by atoms with Crippen LogP contribution < -0.4 is 5.32 Å². The molecule has 21 heavy (non-hydrogen) atoms. The summed E-state index contributed by atoms with van der Waals surface area (Å²) < 4.78 is 6.53. The molecule has 0 aliphatic heterocycles. The second kappa shape index (κ2) is 5.12. The van der Waals surface area contributed by atoms with Crippen LogP contribution in [0.1, 0.15) is 36.1 Å². The summed E-state index contributed by atoms with van der Waals surface area (Å²) in [5.41, 5.74) is 0.797. The van der Waals surface area contributed by atoms with Crippen molar-refractivity contribution in [2.45, 2.75) is 38.8 Å². The van der Waals surface area contributed by atoms with Crippen molar-refractivity contribution in [1.82, 2.24) is 24.9 Å². The van der Waals surface area contributed by atoms with Crippen LogP contribution in [0.4, 0.5) is 0 Å². The molecule has 1 atom stereocenters. The van der Waals surface area contributed by atoms with Crippen LogP contribution in [0, 0.1) is 6.92 Å². The molecule has 1 amide bonds. The van der Waals surface area contributed by atoms with E-state index in [4.69, 9.17) is 4.74 Å². The van der Waals surface area contributed by atoms with Crippen LogP contribution in [-0.4, -0.2) is 43.6 Å². The average Bonchev–Trinajstić information content (AvgIpc) is 3.14. The second-order valence-corrected chi connectivity index (χ2v) is 5.06. The van der Waals surface area contributed by atoms with Crippen molar-refractivity contribution in [3.8, 4) is 0 Å². The number of rotatable bonds is 4. The van der Waals surface area contributed by atoms with E-state index in [9.17, 15) is 9.59 Å². The summed E-state index contributed by atoms with van der Waals surface area (Å²) in [5, 5.41) is 6.81. The highest BCUT2D eigenvalue weighted by atomic mass is 16.5. The molecule has 1 saturated carbocycles. The van der Waals surface area contributed by atoms with Crippen molar-refractivity contribution in [3.63, 3.8) is 0 Å². The third-order valence-electron chi connectivity index (χ3n) is 3.19. The summed E-state index contributed by atoms with van der Waals surface area (Å²) in [7, 11) is 0. The Labute approximate surface area is 120 Å². The van der Waals surface area contributed by atoms with E-state index < -0.39 is 12.1 Å². The SMILES string of the molecule is Cc1ccnc2nc(C(=O)O[C@H](C)C(=O)NC3CC3)nn12. The Morgan fingerprint density at radius 2 is 2.24 bits per heavy atom. The Balaban J connectivity index is 1.71.